The highest BCUT2D eigenvalue weighted by Crippen LogP contribution is 2.30. The molecule has 1 aliphatic heterocycles. The minimum Gasteiger partial charge on any atom is -0.475 e. The van der Waals surface area contributed by atoms with Crippen molar-refractivity contribution in [3.63, 3.8) is 0 Å². The van der Waals surface area contributed by atoms with Crippen LogP contribution in [0.2, 0.25) is 0 Å². The molecular formula is C20H26N2O7. The Bertz CT molecular complexity index is 812. The third-order valence-electron chi connectivity index (χ3n) is 4.10. The van der Waals surface area contributed by atoms with Crippen LogP contribution < -0.4 is 4.74 Å². The molecule has 0 bridgehead atoms. The van der Waals surface area contributed by atoms with Gasteiger partial charge in [0.15, 0.2) is 12.4 Å². The molecule has 1 heterocycles. The normalized spacial score (nSPS) is 15.7. The lowest BCUT2D eigenvalue weighted by molar-refractivity contribution is -0.385. The van der Waals surface area contributed by atoms with E-state index in [0.29, 0.717) is 18.7 Å². The smallest absolute Gasteiger partial charge is 0.410 e. The number of nitro groups is 1. The van der Waals surface area contributed by atoms with Gasteiger partial charge in [-0.15, -0.1) is 0 Å². The monoisotopic (exact) mass is 406 g/mol. The van der Waals surface area contributed by atoms with Crippen molar-refractivity contribution in [3.8, 4) is 5.75 Å². The highest BCUT2D eigenvalue weighted by atomic mass is 16.6. The van der Waals surface area contributed by atoms with Crippen molar-refractivity contribution in [2.24, 2.45) is 0 Å². The number of likely N-dealkylation sites (tertiary alicyclic amines) is 1. The van der Waals surface area contributed by atoms with Gasteiger partial charge in [-0.05, 0) is 45.2 Å². The summed E-state index contributed by atoms with van der Waals surface area (Å²) >= 11 is 0. The van der Waals surface area contributed by atoms with E-state index in [0.717, 1.165) is 18.4 Å². The number of benzene rings is 1. The maximum Gasteiger partial charge on any atom is 0.410 e. The third kappa shape index (κ3) is 6.78. The summed E-state index contributed by atoms with van der Waals surface area (Å²) in [5.74, 6) is -0.642. The molecule has 9 heteroatoms. The van der Waals surface area contributed by atoms with E-state index < -0.39 is 23.1 Å². The van der Waals surface area contributed by atoms with Gasteiger partial charge < -0.3 is 19.1 Å². The second-order valence-electron chi connectivity index (χ2n) is 7.66. The Morgan fingerprint density at radius 2 is 2.03 bits per heavy atom. The maximum absolute atomic E-state index is 12.3. The molecule has 1 aromatic rings. The van der Waals surface area contributed by atoms with Crippen LogP contribution in [0.5, 0.6) is 5.75 Å². The zero-order chi connectivity index (χ0) is 21.6. The molecular weight excluding hydrogens is 380 g/mol. The molecule has 0 unspecified atom stereocenters. The molecule has 0 saturated carbocycles. The third-order valence-corrected chi connectivity index (χ3v) is 4.10. The lowest BCUT2D eigenvalue weighted by Gasteiger charge is -2.31. The SMILES string of the molecule is COC(=O)COc1ccc(/C=C2\CCCN(C(=O)OC(C)(C)C)C2)cc1[N+](=O)[O-]. The molecule has 0 aromatic heterocycles. The van der Waals surface area contributed by atoms with Gasteiger partial charge in [0.2, 0.25) is 0 Å². The van der Waals surface area contributed by atoms with E-state index in [9.17, 15) is 19.7 Å². The van der Waals surface area contributed by atoms with E-state index in [2.05, 4.69) is 4.74 Å². The van der Waals surface area contributed by atoms with Crippen LogP contribution in [-0.2, 0) is 14.3 Å². The first-order chi connectivity index (χ1) is 13.6. The van der Waals surface area contributed by atoms with Gasteiger partial charge in [-0.3, -0.25) is 10.1 Å². The molecule has 158 valence electrons. The summed E-state index contributed by atoms with van der Waals surface area (Å²) in [6.07, 6.45) is 3.02. The Hall–Kier alpha value is -3.10. The Morgan fingerprint density at radius 1 is 1.31 bits per heavy atom. The molecule has 0 atom stereocenters. The van der Waals surface area contributed by atoms with Crippen molar-refractivity contribution < 1.29 is 28.7 Å². The molecule has 9 nitrogen and oxygen atoms in total. The van der Waals surface area contributed by atoms with Crippen molar-refractivity contribution in [3.05, 3.63) is 39.4 Å². The minimum atomic E-state index is -0.630. The number of esters is 1. The number of carbonyl (C=O) groups is 2. The quantitative estimate of drug-likeness (QED) is 0.418. The number of piperidine rings is 1. The molecule has 1 fully saturated rings. The summed E-state index contributed by atoms with van der Waals surface area (Å²) in [5.41, 5.74) is 0.768. The van der Waals surface area contributed by atoms with Gasteiger partial charge in [0.25, 0.3) is 0 Å². The summed E-state index contributed by atoms with van der Waals surface area (Å²) < 4.78 is 15.1. The first-order valence-electron chi connectivity index (χ1n) is 9.24. The highest BCUT2D eigenvalue weighted by molar-refractivity contribution is 5.71. The van der Waals surface area contributed by atoms with Gasteiger partial charge in [0, 0.05) is 19.2 Å². The molecule has 0 N–H and O–H groups in total. The van der Waals surface area contributed by atoms with Crippen molar-refractivity contribution in [1.82, 2.24) is 4.90 Å². The molecule has 0 spiro atoms. The number of nitro benzene ring substituents is 1. The molecule has 1 amide bonds. The predicted molar refractivity (Wildman–Crippen MR) is 106 cm³/mol. The van der Waals surface area contributed by atoms with Gasteiger partial charge in [-0.1, -0.05) is 17.7 Å². The summed E-state index contributed by atoms with van der Waals surface area (Å²) in [5, 5.41) is 11.4. The lowest BCUT2D eigenvalue weighted by atomic mass is 10.0. The minimum absolute atomic E-state index is 0.0124. The van der Waals surface area contributed by atoms with E-state index in [1.54, 1.807) is 11.0 Å². The Balaban J connectivity index is 2.16. The second kappa shape index (κ2) is 9.40. The number of hydrogen-bond donors (Lipinski definition) is 0. The average molecular weight is 406 g/mol. The molecule has 1 aliphatic rings. The summed E-state index contributed by atoms with van der Waals surface area (Å²) in [6, 6.07) is 4.49. The van der Waals surface area contributed by atoms with E-state index in [1.165, 1.54) is 19.2 Å². The number of hydrogen-bond acceptors (Lipinski definition) is 7. The predicted octanol–water partition coefficient (Wildman–Crippen LogP) is 3.56. The van der Waals surface area contributed by atoms with E-state index in [4.69, 9.17) is 9.47 Å². The van der Waals surface area contributed by atoms with Crippen LogP contribution in [0.15, 0.2) is 23.8 Å². The standard InChI is InChI=1S/C20H26N2O7/c1-20(2,3)29-19(24)21-9-5-6-15(12-21)10-14-7-8-17(16(11-14)22(25)26)28-13-18(23)27-4/h7-8,10-11H,5-6,9,12-13H2,1-4H3/b15-10+. The fourth-order valence-electron chi connectivity index (χ4n) is 2.82. The van der Waals surface area contributed by atoms with E-state index >= 15 is 0 Å². The lowest BCUT2D eigenvalue weighted by Crippen LogP contribution is -2.40. The summed E-state index contributed by atoms with van der Waals surface area (Å²) in [7, 11) is 1.21. The number of nitrogens with zero attached hydrogens (tertiary/aromatic N) is 2. The van der Waals surface area contributed by atoms with Crippen LogP contribution in [0.4, 0.5) is 10.5 Å². The van der Waals surface area contributed by atoms with Gasteiger partial charge in [0.1, 0.15) is 5.60 Å². The topological polar surface area (TPSA) is 108 Å². The fourth-order valence-corrected chi connectivity index (χ4v) is 2.82. The number of methoxy groups -OCH3 is 1. The zero-order valence-corrected chi connectivity index (χ0v) is 17.1. The molecule has 1 saturated heterocycles. The van der Waals surface area contributed by atoms with Gasteiger partial charge in [0.05, 0.1) is 12.0 Å². The van der Waals surface area contributed by atoms with Crippen LogP contribution in [0.25, 0.3) is 6.08 Å². The van der Waals surface area contributed by atoms with Crippen LogP contribution >= 0.6 is 0 Å². The number of amides is 1. The Labute approximate surface area is 169 Å². The average Bonchev–Trinajstić information content (AvgIpc) is 2.65. The van der Waals surface area contributed by atoms with Gasteiger partial charge in [-0.2, -0.15) is 0 Å². The van der Waals surface area contributed by atoms with Crippen LogP contribution in [0, 0.1) is 10.1 Å². The zero-order valence-electron chi connectivity index (χ0n) is 17.1. The van der Waals surface area contributed by atoms with E-state index in [1.807, 2.05) is 26.8 Å². The van der Waals surface area contributed by atoms with Gasteiger partial charge >= 0.3 is 17.7 Å². The molecule has 29 heavy (non-hydrogen) atoms. The first-order valence-corrected chi connectivity index (χ1v) is 9.24. The van der Waals surface area contributed by atoms with Crippen molar-refractivity contribution in [1.29, 1.82) is 0 Å². The van der Waals surface area contributed by atoms with Crippen molar-refractivity contribution >= 4 is 23.8 Å². The molecule has 2 rings (SSSR count). The maximum atomic E-state index is 12.3. The first kappa shape index (κ1) is 22.2. The summed E-state index contributed by atoms with van der Waals surface area (Å²) in [6.45, 7) is 6.04. The molecule has 1 aromatic carbocycles. The molecule has 0 aliphatic carbocycles. The van der Waals surface area contributed by atoms with Crippen LogP contribution in [0.1, 0.15) is 39.2 Å². The number of ether oxygens (including phenoxy) is 3. The van der Waals surface area contributed by atoms with Gasteiger partial charge in [-0.25, -0.2) is 9.59 Å². The fraction of sp³-hybridized carbons (Fsp3) is 0.500. The molecule has 0 radical (unpaired) electrons. The number of rotatable bonds is 5. The van der Waals surface area contributed by atoms with Crippen molar-refractivity contribution in [2.75, 3.05) is 26.8 Å². The van der Waals surface area contributed by atoms with Crippen LogP contribution in [0.3, 0.4) is 0 Å². The van der Waals surface area contributed by atoms with E-state index in [-0.39, 0.29) is 17.5 Å². The number of carbonyl (C=O) groups excluding carboxylic acids is 2. The Kier molecular flexibility index (Phi) is 7.19. The summed E-state index contributed by atoms with van der Waals surface area (Å²) in [4.78, 5) is 35.9. The second-order valence-corrected chi connectivity index (χ2v) is 7.66. The van der Waals surface area contributed by atoms with Crippen LogP contribution in [-0.4, -0.2) is 54.3 Å². The van der Waals surface area contributed by atoms with Crippen molar-refractivity contribution in [2.45, 2.75) is 39.2 Å². The Morgan fingerprint density at radius 3 is 2.66 bits per heavy atom. The largest absolute Gasteiger partial charge is 0.475 e. The highest BCUT2D eigenvalue weighted by Gasteiger charge is 2.25.